The van der Waals surface area contributed by atoms with Gasteiger partial charge in [0.15, 0.2) is 5.16 Å². The van der Waals surface area contributed by atoms with E-state index in [-0.39, 0.29) is 17.2 Å². The van der Waals surface area contributed by atoms with Gasteiger partial charge in [-0.25, -0.2) is 4.98 Å². The van der Waals surface area contributed by atoms with Gasteiger partial charge in [-0.3, -0.25) is 19.1 Å². The van der Waals surface area contributed by atoms with E-state index >= 15 is 0 Å². The van der Waals surface area contributed by atoms with Gasteiger partial charge in [0.2, 0.25) is 5.91 Å². The van der Waals surface area contributed by atoms with E-state index in [1.807, 2.05) is 46.7 Å². The number of aromatic nitrogens is 2. The molecule has 0 atom stereocenters. The molecule has 0 bridgehead atoms. The lowest BCUT2D eigenvalue weighted by atomic mass is 10.0. The number of carbonyl (C=O) groups excluding carboxylic acids is 1. The van der Waals surface area contributed by atoms with Gasteiger partial charge >= 0.3 is 0 Å². The molecule has 30 heavy (non-hydrogen) atoms. The zero-order chi connectivity index (χ0) is 20.7. The summed E-state index contributed by atoms with van der Waals surface area (Å²) in [5.74, 6) is 0.169. The van der Waals surface area contributed by atoms with Gasteiger partial charge in [0, 0.05) is 7.05 Å². The predicted octanol–water partition coefficient (Wildman–Crippen LogP) is 4.55. The fraction of sp³-hybridized carbons (Fsp3) is 0.174. The normalized spacial score (nSPS) is 13.0. The molecule has 0 radical (unpaired) electrons. The molecule has 0 N–H and O–H groups in total. The van der Waals surface area contributed by atoms with Gasteiger partial charge in [-0.15, -0.1) is 11.3 Å². The van der Waals surface area contributed by atoms with E-state index in [2.05, 4.69) is 17.1 Å². The van der Waals surface area contributed by atoms with Crippen LogP contribution in [0, 0.1) is 0 Å². The Hall–Kier alpha value is -2.90. The Labute approximate surface area is 182 Å². The van der Waals surface area contributed by atoms with Crippen LogP contribution in [-0.2, 0) is 24.7 Å². The van der Waals surface area contributed by atoms with Crippen LogP contribution in [-0.4, -0.2) is 21.2 Å². The van der Waals surface area contributed by atoms with Gasteiger partial charge in [0.1, 0.15) is 4.83 Å². The fourth-order valence-electron chi connectivity index (χ4n) is 3.85. The Bertz CT molecular complexity index is 1280. The maximum absolute atomic E-state index is 13.5. The van der Waals surface area contributed by atoms with Crippen LogP contribution in [0.25, 0.3) is 10.2 Å². The van der Waals surface area contributed by atoms with Crippen molar-refractivity contribution in [3.05, 3.63) is 81.5 Å². The second-order valence-corrected chi connectivity index (χ2v) is 9.01. The van der Waals surface area contributed by atoms with Crippen molar-refractivity contribution >= 4 is 50.6 Å². The molecule has 5 nitrogen and oxygen atoms in total. The third-order valence-corrected chi connectivity index (χ3v) is 7.19. The first-order chi connectivity index (χ1) is 14.6. The van der Waals surface area contributed by atoms with E-state index < -0.39 is 0 Å². The number of aryl methyl sites for hydroxylation is 2. The molecule has 4 aromatic rings. The number of carbonyl (C=O) groups is 1. The number of nitrogens with zero attached hydrogens (tertiary/aromatic N) is 3. The zero-order valence-corrected chi connectivity index (χ0v) is 18.0. The number of thiophene rings is 1. The average molecular weight is 434 g/mol. The van der Waals surface area contributed by atoms with Crippen LogP contribution < -0.4 is 10.5 Å². The number of amides is 1. The van der Waals surface area contributed by atoms with Crippen LogP contribution in [0.15, 0.2) is 69.9 Å². The minimum Gasteiger partial charge on any atom is -0.290 e. The van der Waals surface area contributed by atoms with Crippen molar-refractivity contribution in [2.24, 2.45) is 7.05 Å². The number of hydrogen-bond acceptors (Lipinski definition) is 5. The van der Waals surface area contributed by atoms with Gasteiger partial charge in [-0.2, -0.15) is 0 Å². The largest absolute Gasteiger partial charge is 0.290 e. The highest BCUT2D eigenvalue weighted by Gasteiger charge is 2.26. The summed E-state index contributed by atoms with van der Waals surface area (Å²) < 4.78 is 1.53. The Morgan fingerprint density at radius 1 is 1.03 bits per heavy atom. The number of fused-ring (bicyclic) bond motifs is 3. The summed E-state index contributed by atoms with van der Waals surface area (Å²) in [6, 6.07) is 17.9. The van der Waals surface area contributed by atoms with Gasteiger partial charge in [-0.05, 0) is 47.5 Å². The number of para-hydroxylation sites is 2. The van der Waals surface area contributed by atoms with E-state index in [1.54, 1.807) is 13.1 Å². The van der Waals surface area contributed by atoms with Gasteiger partial charge < -0.3 is 0 Å². The van der Waals surface area contributed by atoms with Gasteiger partial charge in [0.25, 0.3) is 5.56 Å². The molecule has 150 valence electrons. The highest BCUT2D eigenvalue weighted by molar-refractivity contribution is 7.99. The zero-order valence-electron chi connectivity index (χ0n) is 16.4. The summed E-state index contributed by atoms with van der Waals surface area (Å²) in [6.45, 7) is 0. The molecule has 0 aliphatic carbocycles. The molecule has 2 aromatic carbocycles. The first-order valence-corrected chi connectivity index (χ1v) is 11.6. The molecule has 0 spiro atoms. The molecular formula is C23H19N3O2S2. The Kier molecular flexibility index (Phi) is 4.92. The molecule has 3 heterocycles. The van der Waals surface area contributed by atoms with Crippen molar-refractivity contribution in [1.29, 1.82) is 0 Å². The van der Waals surface area contributed by atoms with E-state index in [9.17, 15) is 9.59 Å². The molecule has 2 aromatic heterocycles. The maximum Gasteiger partial charge on any atom is 0.262 e. The monoisotopic (exact) mass is 433 g/mol. The third kappa shape index (κ3) is 3.24. The summed E-state index contributed by atoms with van der Waals surface area (Å²) in [7, 11) is 1.70. The van der Waals surface area contributed by atoms with Crippen molar-refractivity contribution in [1.82, 2.24) is 9.55 Å². The standard InChI is InChI=1S/C23H19N3O2S2/c1-25-22(28)17-12-13-29-21(17)24-23(25)30-14-20(27)26-18-8-4-2-6-15(18)10-11-16-7-3-5-9-19(16)26/h2-9,12-13H,10-11,14H2,1H3. The van der Waals surface area contributed by atoms with Gasteiger partial charge in [-0.1, -0.05) is 48.2 Å². The summed E-state index contributed by atoms with van der Waals surface area (Å²) in [6.07, 6.45) is 1.80. The quantitative estimate of drug-likeness (QED) is 0.351. The van der Waals surface area contributed by atoms with Crippen LogP contribution in [0.4, 0.5) is 11.4 Å². The number of rotatable bonds is 3. The molecule has 0 fully saturated rings. The molecule has 0 unspecified atom stereocenters. The molecule has 1 amide bonds. The first kappa shape index (κ1) is 19.1. The third-order valence-electron chi connectivity index (χ3n) is 5.37. The lowest BCUT2D eigenvalue weighted by molar-refractivity contribution is -0.115. The second-order valence-electron chi connectivity index (χ2n) is 7.17. The van der Waals surface area contributed by atoms with Crippen LogP contribution in [0.1, 0.15) is 11.1 Å². The minimum absolute atomic E-state index is 0.0256. The lowest BCUT2D eigenvalue weighted by Crippen LogP contribution is -2.29. The Balaban J connectivity index is 1.50. The smallest absolute Gasteiger partial charge is 0.262 e. The van der Waals surface area contributed by atoms with E-state index in [1.165, 1.54) is 27.7 Å². The molecule has 0 saturated carbocycles. The molecule has 1 aliphatic heterocycles. The second kappa shape index (κ2) is 7.74. The maximum atomic E-state index is 13.5. The summed E-state index contributed by atoms with van der Waals surface area (Å²) in [4.78, 5) is 33.1. The van der Waals surface area contributed by atoms with Crippen LogP contribution in [0.2, 0.25) is 0 Å². The number of anilines is 2. The van der Waals surface area contributed by atoms with E-state index in [4.69, 9.17) is 0 Å². The lowest BCUT2D eigenvalue weighted by Gasteiger charge is -2.25. The van der Waals surface area contributed by atoms with Crippen LogP contribution in [0.3, 0.4) is 0 Å². The van der Waals surface area contributed by atoms with Crippen molar-refractivity contribution in [3.8, 4) is 0 Å². The number of hydrogen-bond donors (Lipinski definition) is 0. The van der Waals surface area contributed by atoms with Gasteiger partial charge in [0.05, 0.1) is 22.5 Å². The molecule has 1 aliphatic rings. The Morgan fingerprint density at radius 3 is 2.33 bits per heavy atom. The van der Waals surface area contributed by atoms with Crippen molar-refractivity contribution in [2.75, 3.05) is 10.7 Å². The van der Waals surface area contributed by atoms with E-state index in [0.717, 1.165) is 35.3 Å². The fourth-order valence-corrected chi connectivity index (χ4v) is 5.47. The topological polar surface area (TPSA) is 55.2 Å². The summed E-state index contributed by atoms with van der Waals surface area (Å²) >= 11 is 2.74. The molecular weight excluding hydrogens is 414 g/mol. The molecule has 5 rings (SSSR count). The van der Waals surface area contributed by atoms with Crippen molar-refractivity contribution in [3.63, 3.8) is 0 Å². The number of benzene rings is 2. The predicted molar refractivity (Wildman–Crippen MR) is 123 cm³/mol. The average Bonchev–Trinajstić information content (AvgIpc) is 3.17. The highest BCUT2D eigenvalue weighted by Crippen LogP contribution is 2.36. The highest BCUT2D eigenvalue weighted by atomic mass is 32.2. The minimum atomic E-state index is -0.0818. The summed E-state index contributed by atoms with van der Waals surface area (Å²) in [5, 5.41) is 3.04. The first-order valence-electron chi connectivity index (χ1n) is 9.69. The summed E-state index contributed by atoms with van der Waals surface area (Å²) in [5.41, 5.74) is 4.11. The number of thioether (sulfide) groups is 1. The van der Waals surface area contributed by atoms with Crippen LogP contribution in [0.5, 0.6) is 0 Å². The van der Waals surface area contributed by atoms with Crippen molar-refractivity contribution in [2.45, 2.75) is 18.0 Å². The van der Waals surface area contributed by atoms with E-state index in [0.29, 0.717) is 15.4 Å². The molecule has 0 saturated heterocycles. The Morgan fingerprint density at radius 2 is 1.67 bits per heavy atom. The SMILES string of the molecule is Cn1c(SCC(=O)N2c3ccccc3CCc3ccccc32)nc2sccc2c1=O. The molecule has 7 heteroatoms. The van der Waals surface area contributed by atoms with Crippen molar-refractivity contribution < 1.29 is 4.79 Å². The van der Waals surface area contributed by atoms with Crippen LogP contribution >= 0.6 is 23.1 Å².